The SMILES string of the molecule is C/C=C/C(=O)NC(C)(C)CC(N)=O. The number of carbonyl (C=O) groups excluding carboxylic acids is 2. The average Bonchev–Trinajstić information content (AvgIpc) is 1.81. The summed E-state index contributed by atoms with van der Waals surface area (Å²) in [6, 6.07) is 0. The Bertz CT molecular complexity index is 232. The van der Waals surface area contributed by atoms with Gasteiger partial charge in [0.25, 0.3) is 0 Å². The van der Waals surface area contributed by atoms with Crippen molar-refractivity contribution in [2.45, 2.75) is 32.7 Å². The van der Waals surface area contributed by atoms with E-state index in [0.29, 0.717) is 0 Å². The number of primary amides is 1. The number of nitrogens with one attached hydrogen (secondary N) is 1. The van der Waals surface area contributed by atoms with E-state index >= 15 is 0 Å². The summed E-state index contributed by atoms with van der Waals surface area (Å²) in [5.41, 5.74) is 4.44. The van der Waals surface area contributed by atoms with E-state index in [1.807, 2.05) is 0 Å². The molecule has 0 unspecified atom stereocenters. The van der Waals surface area contributed by atoms with Crippen LogP contribution in [0.1, 0.15) is 27.2 Å². The van der Waals surface area contributed by atoms with Crippen LogP contribution in [0.25, 0.3) is 0 Å². The molecular weight excluding hydrogens is 168 g/mol. The highest BCUT2D eigenvalue weighted by Gasteiger charge is 2.21. The molecule has 0 spiro atoms. The van der Waals surface area contributed by atoms with Gasteiger partial charge in [-0.1, -0.05) is 6.08 Å². The van der Waals surface area contributed by atoms with Gasteiger partial charge in [0.05, 0.1) is 0 Å². The Morgan fingerprint density at radius 2 is 2.00 bits per heavy atom. The fraction of sp³-hybridized carbons (Fsp3) is 0.556. The van der Waals surface area contributed by atoms with Crippen molar-refractivity contribution in [1.29, 1.82) is 0 Å². The van der Waals surface area contributed by atoms with Gasteiger partial charge in [0, 0.05) is 12.0 Å². The predicted octanol–water partition coefficient (Wildman–Crippen LogP) is 0.333. The quantitative estimate of drug-likeness (QED) is 0.618. The number of allylic oxidation sites excluding steroid dienone is 1. The molecule has 2 amide bonds. The number of amides is 2. The van der Waals surface area contributed by atoms with Crippen molar-refractivity contribution in [2.24, 2.45) is 5.73 Å². The minimum Gasteiger partial charge on any atom is -0.370 e. The molecular formula is C9H16N2O2. The second kappa shape index (κ2) is 4.64. The zero-order valence-electron chi connectivity index (χ0n) is 8.26. The average molecular weight is 184 g/mol. The van der Waals surface area contributed by atoms with E-state index in [1.54, 1.807) is 26.8 Å². The van der Waals surface area contributed by atoms with E-state index in [2.05, 4.69) is 5.32 Å². The van der Waals surface area contributed by atoms with Crippen LogP contribution in [0, 0.1) is 0 Å². The molecule has 0 aliphatic heterocycles. The lowest BCUT2D eigenvalue weighted by molar-refractivity contribution is -0.121. The van der Waals surface area contributed by atoms with Crippen molar-refractivity contribution in [3.63, 3.8) is 0 Å². The number of nitrogens with two attached hydrogens (primary N) is 1. The highest BCUT2D eigenvalue weighted by molar-refractivity contribution is 5.88. The van der Waals surface area contributed by atoms with Crippen LogP contribution in [0.2, 0.25) is 0 Å². The fourth-order valence-electron chi connectivity index (χ4n) is 1.01. The van der Waals surface area contributed by atoms with Crippen molar-refractivity contribution in [2.75, 3.05) is 0 Å². The predicted molar refractivity (Wildman–Crippen MR) is 50.8 cm³/mol. The number of hydrogen-bond donors (Lipinski definition) is 2. The topological polar surface area (TPSA) is 72.2 Å². The molecule has 74 valence electrons. The maximum atomic E-state index is 11.1. The van der Waals surface area contributed by atoms with Crippen molar-refractivity contribution in [3.05, 3.63) is 12.2 Å². The lowest BCUT2D eigenvalue weighted by atomic mass is 10.0. The van der Waals surface area contributed by atoms with Crippen LogP contribution in [0.15, 0.2) is 12.2 Å². The van der Waals surface area contributed by atoms with E-state index in [1.165, 1.54) is 6.08 Å². The number of rotatable bonds is 4. The summed E-state index contributed by atoms with van der Waals surface area (Å²) in [6.07, 6.45) is 3.18. The molecule has 0 heterocycles. The highest BCUT2D eigenvalue weighted by Crippen LogP contribution is 2.06. The summed E-state index contributed by atoms with van der Waals surface area (Å²) < 4.78 is 0. The molecule has 0 radical (unpaired) electrons. The molecule has 13 heavy (non-hydrogen) atoms. The molecule has 0 aromatic heterocycles. The summed E-state index contributed by atoms with van der Waals surface area (Å²) in [5, 5.41) is 2.66. The first-order valence-electron chi connectivity index (χ1n) is 4.10. The van der Waals surface area contributed by atoms with Gasteiger partial charge in [-0.3, -0.25) is 9.59 Å². The zero-order chi connectivity index (χ0) is 10.5. The van der Waals surface area contributed by atoms with Crippen molar-refractivity contribution in [1.82, 2.24) is 5.32 Å². The summed E-state index contributed by atoms with van der Waals surface area (Å²) in [7, 11) is 0. The van der Waals surface area contributed by atoms with Crippen molar-refractivity contribution in [3.8, 4) is 0 Å². The first-order chi connectivity index (χ1) is 5.87. The summed E-state index contributed by atoms with van der Waals surface area (Å²) in [5.74, 6) is -0.639. The largest absolute Gasteiger partial charge is 0.370 e. The van der Waals surface area contributed by atoms with Gasteiger partial charge < -0.3 is 11.1 Å². The first kappa shape index (κ1) is 11.7. The third-order valence-corrected chi connectivity index (χ3v) is 1.40. The molecule has 0 aromatic rings. The van der Waals surface area contributed by atoms with Crippen molar-refractivity contribution < 1.29 is 9.59 Å². The van der Waals surface area contributed by atoms with Crippen LogP contribution in [-0.4, -0.2) is 17.4 Å². The molecule has 0 saturated carbocycles. The Balaban J connectivity index is 4.16. The first-order valence-corrected chi connectivity index (χ1v) is 4.10. The maximum absolute atomic E-state index is 11.1. The molecule has 0 bridgehead atoms. The van der Waals surface area contributed by atoms with E-state index in [0.717, 1.165) is 0 Å². The van der Waals surface area contributed by atoms with Crippen LogP contribution in [0.4, 0.5) is 0 Å². The molecule has 0 aromatic carbocycles. The van der Waals surface area contributed by atoms with Crippen LogP contribution < -0.4 is 11.1 Å². The lowest BCUT2D eigenvalue weighted by Crippen LogP contribution is -2.45. The van der Waals surface area contributed by atoms with Gasteiger partial charge in [-0.25, -0.2) is 0 Å². The molecule has 3 N–H and O–H groups in total. The minimum atomic E-state index is -0.581. The van der Waals surface area contributed by atoms with Gasteiger partial charge in [0.15, 0.2) is 0 Å². The molecule has 0 fully saturated rings. The maximum Gasteiger partial charge on any atom is 0.244 e. The Morgan fingerprint density at radius 3 is 2.38 bits per heavy atom. The molecule has 0 atom stereocenters. The molecule has 4 heteroatoms. The van der Waals surface area contributed by atoms with E-state index in [9.17, 15) is 9.59 Å². The molecule has 0 saturated heterocycles. The standard InChI is InChI=1S/C9H16N2O2/c1-4-5-8(13)11-9(2,3)6-7(10)12/h4-5H,6H2,1-3H3,(H2,10,12)(H,11,13)/b5-4+. The number of carbonyl (C=O) groups is 2. The van der Waals surface area contributed by atoms with Crippen LogP contribution >= 0.6 is 0 Å². The summed E-state index contributed by atoms with van der Waals surface area (Å²) in [4.78, 5) is 21.7. The number of hydrogen-bond acceptors (Lipinski definition) is 2. The van der Waals surface area contributed by atoms with Gasteiger partial charge in [0.1, 0.15) is 0 Å². The third-order valence-electron chi connectivity index (χ3n) is 1.40. The summed E-state index contributed by atoms with van der Waals surface area (Å²) in [6.45, 7) is 5.25. The third kappa shape index (κ3) is 5.90. The molecule has 0 aliphatic carbocycles. The fourth-order valence-corrected chi connectivity index (χ4v) is 1.01. The zero-order valence-corrected chi connectivity index (χ0v) is 8.26. The lowest BCUT2D eigenvalue weighted by Gasteiger charge is -2.23. The second-order valence-electron chi connectivity index (χ2n) is 3.52. The monoisotopic (exact) mass is 184 g/mol. The Kier molecular flexibility index (Phi) is 4.17. The Morgan fingerprint density at radius 1 is 1.46 bits per heavy atom. The van der Waals surface area contributed by atoms with Crippen LogP contribution in [0.3, 0.4) is 0 Å². The normalized spacial score (nSPS) is 11.6. The van der Waals surface area contributed by atoms with Crippen molar-refractivity contribution >= 4 is 11.8 Å². The van der Waals surface area contributed by atoms with E-state index in [-0.39, 0.29) is 12.3 Å². The summed E-state index contributed by atoms with van der Waals surface area (Å²) >= 11 is 0. The van der Waals surface area contributed by atoms with Crippen LogP contribution in [-0.2, 0) is 9.59 Å². The van der Waals surface area contributed by atoms with Gasteiger partial charge in [-0.05, 0) is 26.8 Å². The van der Waals surface area contributed by atoms with Gasteiger partial charge in [-0.2, -0.15) is 0 Å². The minimum absolute atomic E-state index is 0.135. The van der Waals surface area contributed by atoms with Gasteiger partial charge in [0.2, 0.25) is 11.8 Å². The Labute approximate surface area is 78.2 Å². The molecule has 0 aliphatic rings. The molecule has 4 nitrogen and oxygen atoms in total. The second-order valence-corrected chi connectivity index (χ2v) is 3.52. The van der Waals surface area contributed by atoms with E-state index in [4.69, 9.17) is 5.73 Å². The van der Waals surface area contributed by atoms with Gasteiger partial charge in [-0.15, -0.1) is 0 Å². The van der Waals surface area contributed by atoms with E-state index < -0.39 is 11.4 Å². The Hall–Kier alpha value is -1.32. The highest BCUT2D eigenvalue weighted by atomic mass is 16.2. The molecule has 0 rings (SSSR count). The smallest absolute Gasteiger partial charge is 0.244 e. The van der Waals surface area contributed by atoms with Crippen LogP contribution in [0.5, 0.6) is 0 Å². The van der Waals surface area contributed by atoms with Gasteiger partial charge >= 0.3 is 0 Å².